The van der Waals surface area contributed by atoms with E-state index in [-0.39, 0.29) is 47.9 Å². The number of pyridine rings is 1. The number of carbonyl (C=O) groups is 1. The number of aliphatic hydroxyl groups excluding tert-OH is 1. The van der Waals surface area contributed by atoms with E-state index in [1.807, 2.05) is 65.1 Å². The standard InChI is InChI=1S/C32H30NOS.C15H28O2.Ir/c1-18(2)13-23-19(3)35-29-17-25-28(16-24(23)29)34-27-11-12-33-31(30(25)27)21-14-20-9-7-8-10-22(20)26(15-21)32(4,5)6;1-7-14(5,8-2)12(16)11-13(17)15(6,9-3)10-4;/h7-12,15-18H,13H2,1-6H3;11,16H,7-10H2,1-6H3;/q-1;;/b;12-11-;. The molecule has 0 atom stereocenters. The molecule has 285 valence electrons. The van der Waals surface area contributed by atoms with Crippen LogP contribution in [-0.2, 0) is 36.7 Å². The second kappa shape index (κ2) is 16.6. The molecule has 0 fully saturated rings. The van der Waals surface area contributed by atoms with Crippen LogP contribution >= 0.6 is 11.3 Å². The van der Waals surface area contributed by atoms with Gasteiger partial charge >= 0.3 is 0 Å². The molecule has 6 aromatic rings. The van der Waals surface area contributed by atoms with Gasteiger partial charge in [-0.25, -0.2) is 0 Å². The van der Waals surface area contributed by atoms with Crippen LogP contribution in [0.4, 0.5) is 0 Å². The maximum absolute atomic E-state index is 12.2. The topological polar surface area (TPSA) is 63.3 Å². The number of hydrogen-bond acceptors (Lipinski definition) is 5. The summed E-state index contributed by atoms with van der Waals surface area (Å²) in [5.74, 6) is 0.905. The number of aromatic nitrogens is 1. The molecule has 0 aliphatic carbocycles. The van der Waals surface area contributed by atoms with E-state index in [1.54, 1.807) is 0 Å². The number of allylic oxidation sites excluding steroid dienone is 2. The average molecular weight is 909 g/mol. The number of aryl methyl sites for hydroxylation is 1. The quantitative estimate of drug-likeness (QED) is 0.0845. The van der Waals surface area contributed by atoms with E-state index in [2.05, 4.69) is 90.1 Å². The van der Waals surface area contributed by atoms with Gasteiger partial charge in [0.05, 0.1) is 0 Å². The van der Waals surface area contributed by atoms with Gasteiger partial charge < -0.3 is 9.52 Å². The van der Waals surface area contributed by atoms with Crippen molar-refractivity contribution in [1.29, 1.82) is 0 Å². The Morgan fingerprint density at radius 1 is 0.887 bits per heavy atom. The van der Waals surface area contributed by atoms with Crippen molar-refractivity contribution in [3.05, 3.63) is 88.6 Å². The summed E-state index contributed by atoms with van der Waals surface area (Å²) in [5.41, 5.74) is 5.93. The van der Waals surface area contributed by atoms with Crippen molar-refractivity contribution < 1.29 is 34.4 Å². The summed E-state index contributed by atoms with van der Waals surface area (Å²) in [6.07, 6.45) is 7.70. The molecule has 4 nitrogen and oxygen atoms in total. The minimum atomic E-state index is -0.337. The van der Waals surface area contributed by atoms with Crippen LogP contribution in [0.3, 0.4) is 0 Å². The van der Waals surface area contributed by atoms with Gasteiger partial charge in [-0.15, -0.1) is 40.5 Å². The van der Waals surface area contributed by atoms with E-state index in [9.17, 15) is 9.90 Å². The van der Waals surface area contributed by atoms with Crippen molar-refractivity contribution in [2.75, 3.05) is 0 Å². The fourth-order valence-electron chi connectivity index (χ4n) is 7.01. The van der Waals surface area contributed by atoms with Gasteiger partial charge in [-0.2, -0.15) is 0 Å². The molecule has 0 amide bonds. The third-order valence-corrected chi connectivity index (χ3v) is 12.7. The number of fused-ring (bicyclic) bond motifs is 5. The van der Waals surface area contributed by atoms with Crippen LogP contribution in [-0.4, -0.2) is 15.9 Å². The molecule has 3 aromatic heterocycles. The van der Waals surface area contributed by atoms with Gasteiger partial charge in [0.15, 0.2) is 5.78 Å². The van der Waals surface area contributed by atoms with Gasteiger partial charge in [0.25, 0.3) is 0 Å². The van der Waals surface area contributed by atoms with E-state index in [1.165, 1.54) is 37.6 Å². The largest absolute Gasteiger partial charge is 0.512 e. The Kier molecular flexibility index (Phi) is 13.3. The minimum absolute atomic E-state index is 0. The van der Waals surface area contributed by atoms with Gasteiger partial charge in [0, 0.05) is 69.3 Å². The molecule has 53 heavy (non-hydrogen) atoms. The molecule has 3 heterocycles. The second-order valence-electron chi connectivity index (χ2n) is 16.5. The number of furan rings is 1. The Hall–Kier alpha value is -3.31. The van der Waals surface area contributed by atoms with Gasteiger partial charge in [-0.05, 0) is 79.5 Å². The molecular formula is C47H58IrNO3S-. The van der Waals surface area contributed by atoms with Crippen molar-refractivity contribution in [3.63, 3.8) is 0 Å². The van der Waals surface area contributed by atoms with E-state index < -0.39 is 0 Å². The molecule has 1 radical (unpaired) electrons. The minimum Gasteiger partial charge on any atom is -0.512 e. The van der Waals surface area contributed by atoms with Crippen LogP contribution in [0.5, 0.6) is 0 Å². The monoisotopic (exact) mass is 909 g/mol. The number of ketones is 1. The van der Waals surface area contributed by atoms with E-state index in [0.29, 0.717) is 5.92 Å². The van der Waals surface area contributed by atoms with Crippen LogP contribution in [0.15, 0.2) is 71.0 Å². The number of thiophene rings is 1. The first-order valence-electron chi connectivity index (χ1n) is 19.1. The van der Waals surface area contributed by atoms with Gasteiger partial charge in [-0.3, -0.25) is 9.78 Å². The maximum Gasteiger partial charge on any atom is 0.164 e. The van der Waals surface area contributed by atoms with Crippen molar-refractivity contribution in [2.45, 2.75) is 121 Å². The number of nitrogens with zero attached hydrogens (tertiary/aromatic N) is 1. The zero-order valence-electron chi connectivity index (χ0n) is 33.8. The smallest absolute Gasteiger partial charge is 0.164 e. The predicted molar refractivity (Wildman–Crippen MR) is 224 cm³/mol. The van der Waals surface area contributed by atoms with Crippen LogP contribution in [0, 0.1) is 29.7 Å². The van der Waals surface area contributed by atoms with Crippen molar-refractivity contribution >= 4 is 59.9 Å². The summed E-state index contributed by atoms with van der Waals surface area (Å²) in [7, 11) is 0. The maximum atomic E-state index is 12.2. The summed E-state index contributed by atoms with van der Waals surface area (Å²) in [4.78, 5) is 18.5. The van der Waals surface area contributed by atoms with Gasteiger partial charge in [0.1, 0.15) is 16.9 Å². The summed E-state index contributed by atoms with van der Waals surface area (Å²) < 4.78 is 7.75. The Bertz CT molecular complexity index is 2260. The van der Waals surface area contributed by atoms with Crippen molar-refractivity contribution in [2.24, 2.45) is 16.7 Å². The summed E-state index contributed by atoms with van der Waals surface area (Å²) >= 11 is 1.89. The Labute approximate surface area is 334 Å². The average Bonchev–Trinajstić information content (AvgIpc) is 3.64. The van der Waals surface area contributed by atoms with E-state index in [0.717, 1.165) is 70.7 Å². The molecule has 1 N–H and O–H groups in total. The first kappa shape index (κ1) is 42.4. The first-order valence-corrected chi connectivity index (χ1v) is 20.0. The van der Waals surface area contributed by atoms with Crippen LogP contribution in [0.25, 0.3) is 54.1 Å². The fourth-order valence-corrected chi connectivity index (χ4v) is 8.13. The molecule has 0 saturated heterocycles. The molecule has 0 aliphatic rings. The SMILES string of the molecule is CCC(C)(CC)C(=O)/C=C(\O)C(C)(CC)CC.Cc1sc2cc3c(cc2c1CC(C)C)oc1ccnc(-c2[c-]c4ccccc4c(C(C)(C)C)c2)c13.[Ir]. The summed E-state index contributed by atoms with van der Waals surface area (Å²) in [6, 6.07) is 21.0. The first-order chi connectivity index (χ1) is 24.5. The number of benzene rings is 3. The number of carbonyl (C=O) groups excluding carboxylic acids is 1. The number of rotatable bonds is 10. The zero-order valence-corrected chi connectivity index (χ0v) is 37.1. The Morgan fingerprint density at radius 2 is 1.53 bits per heavy atom. The van der Waals surface area contributed by atoms with E-state index in [4.69, 9.17) is 9.40 Å². The predicted octanol–water partition coefficient (Wildman–Crippen LogP) is 14.3. The molecule has 3 aromatic carbocycles. The van der Waals surface area contributed by atoms with Crippen LogP contribution in [0.1, 0.15) is 118 Å². The third-order valence-electron chi connectivity index (χ3n) is 11.6. The fraction of sp³-hybridized carbons (Fsp3) is 0.447. The van der Waals surface area contributed by atoms with E-state index >= 15 is 0 Å². The summed E-state index contributed by atoms with van der Waals surface area (Å²) in [5, 5.41) is 16.0. The molecule has 0 aliphatic heterocycles. The molecule has 6 rings (SSSR count). The Balaban J connectivity index is 0.000000299. The molecule has 0 bridgehead atoms. The van der Waals surface area contributed by atoms with Gasteiger partial charge in [0.2, 0.25) is 0 Å². The third kappa shape index (κ3) is 8.51. The molecular weight excluding hydrogens is 851 g/mol. The Morgan fingerprint density at radius 3 is 2.13 bits per heavy atom. The molecule has 0 saturated carbocycles. The van der Waals surface area contributed by atoms with Crippen LogP contribution in [0.2, 0.25) is 0 Å². The zero-order chi connectivity index (χ0) is 38.2. The second-order valence-corrected chi connectivity index (χ2v) is 17.8. The molecule has 0 spiro atoms. The normalized spacial score (nSPS) is 12.8. The van der Waals surface area contributed by atoms with Gasteiger partial charge in [-0.1, -0.05) is 105 Å². The summed E-state index contributed by atoms with van der Waals surface area (Å²) in [6.45, 7) is 25.7. The van der Waals surface area contributed by atoms with Crippen molar-refractivity contribution in [1.82, 2.24) is 4.98 Å². The molecule has 6 heteroatoms. The molecule has 0 unspecified atom stereocenters. The van der Waals surface area contributed by atoms with Crippen molar-refractivity contribution in [3.8, 4) is 11.3 Å². The number of aliphatic hydroxyl groups is 1. The number of hydrogen-bond donors (Lipinski definition) is 1. The van der Waals surface area contributed by atoms with Crippen LogP contribution < -0.4 is 0 Å².